The van der Waals surface area contributed by atoms with Gasteiger partial charge < -0.3 is 10.6 Å². The lowest BCUT2D eigenvalue weighted by atomic mass is 10.0. The van der Waals surface area contributed by atoms with Crippen molar-refractivity contribution in [1.29, 1.82) is 0 Å². The Bertz CT molecular complexity index is 532. The zero-order valence-corrected chi connectivity index (χ0v) is 10.7. The van der Waals surface area contributed by atoms with Crippen LogP contribution in [0, 0.1) is 0 Å². The molecule has 3 nitrogen and oxygen atoms in total. The van der Waals surface area contributed by atoms with E-state index in [9.17, 15) is 0 Å². The lowest BCUT2D eigenvalue weighted by Crippen LogP contribution is -2.12. The third kappa shape index (κ3) is 2.05. The predicted molar refractivity (Wildman–Crippen MR) is 74.5 cm³/mol. The van der Waals surface area contributed by atoms with Crippen molar-refractivity contribution in [1.82, 2.24) is 4.98 Å². The summed E-state index contributed by atoms with van der Waals surface area (Å²) in [4.78, 5) is 6.64. The van der Waals surface area contributed by atoms with E-state index in [0.29, 0.717) is 0 Å². The number of fused-ring (bicyclic) bond motifs is 1. The zero-order chi connectivity index (χ0) is 12.4. The van der Waals surface area contributed by atoms with E-state index in [1.165, 1.54) is 11.3 Å². The quantitative estimate of drug-likeness (QED) is 0.823. The molecule has 2 aromatic rings. The molecular formula is C14H19N3. The Kier molecular flexibility index (Phi) is 3.18. The summed E-state index contributed by atoms with van der Waals surface area (Å²) in [6.07, 6.45) is 4.12. The van der Waals surface area contributed by atoms with Gasteiger partial charge in [0, 0.05) is 25.7 Å². The van der Waals surface area contributed by atoms with Crippen molar-refractivity contribution in [3.8, 4) is 0 Å². The Balaban J connectivity index is 2.75. The monoisotopic (exact) mass is 229 g/mol. The first-order valence-electron chi connectivity index (χ1n) is 5.98. The van der Waals surface area contributed by atoms with Crippen LogP contribution in [0.3, 0.4) is 0 Å². The van der Waals surface area contributed by atoms with E-state index in [1.807, 2.05) is 18.3 Å². The van der Waals surface area contributed by atoms with Crippen molar-refractivity contribution < 1.29 is 0 Å². The number of hydrogen-bond acceptors (Lipinski definition) is 3. The number of aromatic nitrogens is 1. The van der Waals surface area contributed by atoms with Gasteiger partial charge in [-0.05, 0) is 18.1 Å². The molecule has 0 unspecified atom stereocenters. The minimum Gasteiger partial charge on any atom is -0.397 e. The van der Waals surface area contributed by atoms with Crippen molar-refractivity contribution in [3.63, 3.8) is 0 Å². The standard InChI is InChI=1S/C14H19N3/c1-4-6-10-9-16-13-11(14(10)17(2)3)7-5-8-12(13)15/h5,7-9H,4,6,15H2,1-3H3. The molecule has 0 radical (unpaired) electrons. The number of hydrogen-bond donors (Lipinski definition) is 1. The molecule has 1 aromatic carbocycles. The first kappa shape index (κ1) is 11.7. The van der Waals surface area contributed by atoms with Gasteiger partial charge in [0.05, 0.1) is 16.9 Å². The second-order valence-electron chi connectivity index (χ2n) is 4.52. The third-order valence-electron chi connectivity index (χ3n) is 2.94. The second-order valence-corrected chi connectivity index (χ2v) is 4.52. The van der Waals surface area contributed by atoms with E-state index in [2.05, 4.69) is 37.0 Å². The molecule has 2 N–H and O–H groups in total. The molecule has 0 amide bonds. The van der Waals surface area contributed by atoms with Crippen molar-refractivity contribution in [3.05, 3.63) is 30.0 Å². The van der Waals surface area contributed by atoms with Crippen LogP contribution >= 0.6 is 0 Å². The van der Waals surface area contributed by atoms with Gasteiger partial charge in [-0.1, -0.05) is 25.5 Å². The molecule has 0 aliphatic rings. The minimum absolute atomic E-state index is 0.744. The van der Waals surface area contributed by atoms with Crippen LogP contribution in [0.5, 0.6) is 0 Å². The minimum atomic E-state index is 0.744. The Morgan fingerprint density at radius 1 is 1.29 bits per heavy atom. The number of para-hydroxylation sites is 1. The van der Waals surface area contributed by atoms with Gasteiger partial charge in [-0.25, -0.2) is 0 Å². The average Bonchev–Trinajstić information content (AvgIpc) is 2.29. The fourth-order valence-electron chi connectivity index (χ4n) is 2.25. The molecule has 17 heavy (non-hydrogen) atoms. The van der Waals surface area contributed by atoms with Crippen molar-refractivity contribution >= 4 is 22.3 Å². The van der Waals surface area contributed by atoms with E-state index in [0.717, 1.165) is 29.4 Å². The molecule has 1 aromatic heterocycles. The summed E-state index contributed by atoms with van der Waals surface area (Å²) in [7, 11) is 4.13. The fraction of sp³-hybridized carbons (Fsp3) is 0.357. The Morgan fingerprint density at radius 3 is 2.71 bits per heavy atom. The molecule has 0 bridgehead atoms. The maximum Gasteiger partial charge on any atom is 0.0952 e. The van der Waals surface area contributed by atoms with Crippen LogP contribution in [0.2, 0.25) is 0 Å². The Labute approximate surface area is 102 Å². The zero-order valence-electron chi connectivity index (χ0n) is 10.7. The van der Waals surface area contributed by atoms with Gasteiger partial charge in [-0.2, -0.15) is 0 Å². The number of benzene rings is 1. The topological polar surface area (TPSA) is 42.1 Å². The molecule has 0 atom stereocenters. The van der Waals surface area contributed by atoms with Crippen LogP contribution in [-0.2, 0) is 6.42 Å². The highest BCUT2D eigenvalue weighted by atomic mass is 15.1. The predicted octanol–water partition coefficient (Wildman–Crippen LogP) is 2.84. The first-order chi connectivity index (χ1) is 8.15. The summed E-state index contributed by atoms with van der Waals surface area (Å²) < 4.78 is 0. The maximum atomic E-state index is 5.97. The molecule has 3 heteroatoms. The van der Waals surface area contributed by atoms with E-state index in [-0.39, 0.29) is 0 Å². The lowest BCUT2D eigenvalue weighted by Gasteiger charge is -2.20. The number of pyridine rings is 1. The van der Waals surface area contributed by atoms with Crippen LogP contribution in [-0.4, -0.2) is 19.1 Å². The van der Waals surface area contributed by atoms with Crippen molar-refractivity contribution in [2.24, 2.45) is 0 Å². The van der Waals surface area contributed by atoms with Gasteiger partial charge >= 0.3 is 0 Å². The summed E-state index contributed by atoms with van der Waals surface area (Å²) in [5, 5.41) is 1.14. The van der Waals surface area contributed by atoms with E-state index in [4.69, 9.17) is 5.73 Å². The Hall–Kier alpha value is -1.77. The van der Waals surface area contributed by atoms with Crippen molar-refractivity contribution in [2.45, 2.75) is 19.8 Å². The summed E-state index contributed by atoms with van der Waals surface area (Å²) in [5.74, 6) is 0. The normalized spacial score (nSPS) is 10.8. The smallest absolute Gasteiger partial charge is 0.0952 e. The molecule has 0 saturated heterocycles. The van der Waals surface area contributed by atoms with Crippen LogP contribution in [0.25, 0.3) is 10.9 Å². The van der Waals surface area contributed by atoms with Crippen LogP contribution in [0.1, 0.15) is 18.9 Å². The SMILES string of the molecule is CCCc1cnc2c(N)cccc2c1N(C)C. The summed E-state index contributed by atoms with van der Waals surface area (Å²) in [6.45, 7) is 2.18. The van der Waals surface area contributed by atoms with Crippen LogP contribution in [0.15, 0.2) is 24.4 Å². The number of aryl methyl sites for hydroxylation is 1. The van der Waals surface area contributed by atoms with Gasteiger partial charge in [0.15, 0.2) is 0 Å². The molecule has 0 aliphatic heterocycles. The third-order valence-corrected chi connectivity index (χ3v) is 2.94. The summed E-state index contributed by atoms with van der Waals surface area (Å²) >= 11 is 0. The van der Waals surface area contributed by atoms with Crippen molar-refractivity contribution in [2.75, 3.05) is 24.7 Å². The lowest BCUT2D eigenvalue weighted by molar-refractivity contribution is 0.909. The molecule has 1 heterocycles. The van der Waals surface area contributed by atoms with Gasteiger partial charge in [-0.15, -0.1) is 0 Å². The highest BCUT2D eigenvalue weighted by Crippen LogP contribution is 2.31. The summed E-state index contributed by atoms with van der Waals surface area (Å²) in [5.41, 5.74) is 10.1. The highest BCUT2D eigenvalue weighted by molar-refractivity contribution is 5.99. The van der Waals surface area contributed by atoms with E-state index in [1.54, 1.807) is 0 Å². The Morgan fingerprint density at radius 2 is 2.06 bits per heavy atom. The average molecular weight is 229 g/mol. The molecule has 0 saturated carbocycles. The molecule has 90 valence electrons. The van der Waals surface area contributed by atoms with Gasteiger partial charge in [0.25, 0.3) is 0 Å². The maximum absolute atomic E-state index is 5.97. The van der Waals surface area contributed by atoms with E-state index >= 15 is 0 Å². The molecule has 0 aliphatic carbocycles. The number of anilines is 2. The molecule has 2 rings (SSSR count). The van der Waals surface area contributed by atoms with E-state index < -0.39 is 0 Å². The number of rotatable bonds is 3. The van der Waals surface area contributed by atoms with Gasteiger partial charge in [0.1, 0.15) is 0 Å². The number of nitrogens with two attached hydrogens (primary N) is 1. The second kappa shape index (κ2) is 4.62. The largest absolute Gasteiger partial charge is 0.397 e. The number of nitrogens with zero attached hydrogens (tertiary/aromatic N) is 2. The highest BCUT2D eigenvalue weighted by Gasteiger charge is 2.11. The summed E-state index contributed by atoms with van der Waals surface area (Å²) in [6, 6.07) is 5.98. The molecule has 0 spiro atoms. The number of nitrogen functional groups attached to an aromatic ring is 1. The van der Waals surface area contributed by atoms with Gasteiger partial charge in [0.2, 0.25) is 0 Å². The first-order valence-corrected chi connectivity index (χ1v) is 5.98. The fourth-order valence-corrected chi connectivity index (χ4v) is 2.25. The molecular weight excluding hydrogens is 210 g/mol. The molecule has 0 fully saturated rings. The van der Waals surface area contributed by atoms with Crippen LogP contribution < -0.4 is 10.6 Å². The van der Waals surface area contributed by atoms with Crippen LogP contribution in [0.4, 0.5) is 11.4 Å². The van der Waals surface area contributed by atoms with Gasteiger partial charge in [-0.3, -0.25) is 4.98 Å².